The molecule has 5 heteroatoms. The van der Waals surface area contributed by atoms with Crippen LogP contribution in [0.25, 0.3) is 0 Å². The van der Waals surface area contributed by atoms with Gasteiger partial charge >= 0.3 is 5.97 Å². The first-order valence-electron chi connectivity index (χ1n) is 5.99. The Bertz CT molecular complexity index is 502. The fourth-order valence-corrected chi connectivity index (χ4v) is 2.56. The third kappa shape index (κ3) is 1.54. The highest BCUT2D eigenvalue weighted by Crippen LogP contribution is 2.52. The molecule has 18 heavy (non-hydrogen) atoms. The largest absolute Gasteiger partial charge is 0.486 e. The van der Waals surface area contributed by atoms with Crippen molar-refractivity contribution < 1.29 is 19.4 Å². The van der Waals surface area contributed by atoms with Crippen LogP contribution in [0, 0.1) is 0 Å². The van der Waals surface area contributed by atoms with Gasteiger partial charge < -0.3 is 19.9 Å². The number of aliphatic carboxylic acids is 1. The van der Waals surface area contributed by atoms with Crippen LogP contribution in [0.15, 0.2) is 18.2 Å². The van der Waals surface area contributed by atoms with Gasteiger partial charge in [-0.1, -0.05) is 6.07 Å². The molecule has 0 radical (unpaired) electrons. The van der Waals surface area contributed by atoms with Crippen molar-refractivity contribution in [1.82, 2.24) is 5.32 Å². The molecule has 1 saturated carbocycles. The topological polar surface area (TPSA) is 67.8 Å². The Morgan fingerprint density at radius 1 is 1.39 bits per heavy atom. The smallest absolute Gasteiger partial charge is 0.324 e. The zero-order chi connectivity index (χ0) is 12.8. The first kappa shape index (κ1) is 11.3. The van der Waals surface area contributed by atoms with E-state index in [1.807, 2.05) is 18.2 Å². The van der Waals surface area contributed by atoms with Gasteiger partial charge in [0.1, 0.15) is 18.8 Å². The lowest BCUT2D eigenvalue weighted by Crippen LogP contribution is -2.38. The Hall–Kier alpha value is -1.75. The molecule has 1 aromatic carbocycles. The van der Waals surface area contributed by atoms with Crippen molar-refractivity contribution in [3.63, 3.8) is 0 Å². The first-order chi connectivity index (χ1) is 8.67. The van der Waals surface area contributed by atoms with E-state index in [1.54, 1.807) is 7.05 Å². The lowest BCUT2D eigenvalue weighted by atomic mass is 10.1. The van der Waals surface area contributed by atoms with E-state index in [0.29, 0.717) is 25.4 Å². The van der Waals surface area contributed by atoms with E-state index in [1.165, 1.54) is 0 Å². The minimum Gasteiger partial charge on any atom is -0.486 e. The van der Waals surface area contributed by atoms with E-state index in [-0.39, 0.29) is 5.92 Å². The van der Waals surface area contributed by atoms with E-state index < -0.39 is 11.5 Å². The summed E-state index contributed by atoms with van der Waals surface area (Å²) in [6, 6.07) is 5.66. The molecule has 3 rings (SSSR count). The average molecular weight is 249 g/mol. The molecular formula is C13H15NO4. The van der Waals surface area contributed by atoms with Crippen LogP contribution in [0.1, 0.15) is 17.9 Å². The second-order valence-corrected chi connectivity index (χ2v) is 4.69. The molecule has 0 spiro atoms. The van der Waals surface area contributed by atoms with Crippen LogP contribution in [-0.4, -0.2) is 36.9 Å². The standard InChI is InChI=1S/C13H15NO4/c1-14-13(12(15)16)7-9(13)8-2-3-10-11(6-8)18-5-4-17-10/h2-3,6,9,14H,4-5,7H2,1H3,(H,15,16). The van der Waals surface area contributed by atoms with Crippen LogP contribution >= 0.6 is 0 Å². The zero-order valence-corrected chi connectivity index (χ0v) is 10.1. The molecule has 1 aliphatic heterocycles. The predicted octanol–water partition coefficient (Wildman–Crippen LogP) is 0.988. The number of fused-ring (bicyclic) bond motifs is 1. The molecule has 0 aromatic heterocycles. The maximum atomic E-state index is 11.3. The molecule has 5 nitrogen and oxygen atoms in total. The average Bonchev–Trinajstić information content (AvgIpc) is 3.14. The summed E-state index contributed by atoms with van der Waals surface area (Å²) in [4.78, 5) is 11.3. The van der Waals surface area contributed by atoms with Gasteiger partial charge in [-0.05, 0) is 31.2 Å². The van der Waals surface area contributed by atoms with Crippen LogP contribution in [0.4, 0.5) is 0 Å². The van der Waals surface area contributed by atoms with E-state index in [4.69, 9.17) is 9.47 Å². The van der Waals surface area contributed by atoms with Gasteiger partial charge in [-0.25, -0.2) is 0 Å². The number of benzene rings is 1. The molecule has 1 aliphatic carbocycles. The Labute approximate surface area is 105 Å². The monoisotopic (exact) mass is 249 g/mol. The molecule has 96 valence electrons. The van der Waals surface area contributed by atoms with Crippen molar-refractivity contribution in [3.8, 4) is 11.5 Å². The molecule has 0 saturated heterocycles. The van der Waals surface area contributed by atoms with Crippen molar-refractivity contribution in [1.29, 1.82) is 0 Å². The normalized spacial score (nSPS) is 28.8. The van der Waals surface area contributed by atoms with E-state index in [2.05, 4.69) is 5.32 Å². The van der Waals surface area contributed by atoms with E-state index >= 15 is 0 Å². The summed E-state index contributed by atoms with van der Waals surface area (Å²) in [6.45, 7) is 1.10. The molecule has 0 amide bonds. The molecule has 2 unspecified atom stereocenters. The van der Waals surface area contributed by atoms with Crippen LogP contribution < -0.4 is 14.8 Å². The zero-order valence-electron chi connectivity index (χ0n) is 10.1. The highest BCUT2D eigenvalue weighted by atomic mass is 16.6. The molecule has 1 heterocycles. The van der Waals surface area contributed by atoms with Crippen LogP contribution in [-0.2, 0) is 4.79 Å². The predicted molar refractivity (Wildman–Crippen MR) is 64.2 cm³/mol. The van der Waals surface area contributed by atoms with E-state index in [0.717, 1.165) is 11.3 Å². The number of rotatable bonds is 3. The minimum absolute atomic E-state index is 0.00386. The van der Waals surface area contributed by atoms with Crippen molar-refractivity contribution in [2.24, 2.45) is 0 Å². The summed E-state index contributed by atoms with van der Waals surface area (Å²) in [5.41, 5.74) is 0.167. The lowest BCUT2D eigenvalue weighted by Gasteiger charge is -2.19. The number of hydrogen-bond acceptors (Lipinski definition) is 4. The van der Waals surface area contributed by atoms with Gasteiger partial charge in [0.2, 0.25) is 0 Å². The van der Waals surface area contributed by atoms with Gasteiger partial charge in [0.15, 0.2) is 11.5 Å². The Morgan fingerprint density at radius 2 is 2.11 bits per heavy atom. The summed E-state index contributed by atoms with van der Waals surface area (Å²) in [6.07, 6.45) is 0.610. The molecule has 1 fully saturated rings. The van der Waals surface area contributed by atoms with Gasteiger partial charge in [0, 0.05) is 5.92 Å². The molecular weight excluding hydrogens is 234 g/mol. The highest BCUT2D eigenvalue weighted by molar-refractivity contribution is 5.85. The summed E-state index contributed by atoms with van der Waals surface area (Å²) in [5.74, 6) is 0.637. The molecule has 1 aromatic rings. The number of carbonyl (C=O) groups is 1. The third-order valence-corrected chi connectivity index (χ3v) is 3.76. The van der Waals surface area contributed by atoms with Gasteiger partial charge in [-0.2, -0.15) is 0 Å². The maximum absolute atomic E-state index is 11.3. The minimum atomic E-state index is -0.816. The highest BCUT2D eigenvalue weighted by Gasteiger charge is 2.60. The summed E-state index contributed by atoms with van der Waals surface area (Å²) in [7, 11) is 1.69. The van der Waals surface area contributed by atoms with Crippen molar-refractivity contribution in [2.75, 3.05) is 20.3 Å². The van der Waals surface area contributed by atoms with Gasteiger partial charge in [-0.3, -0.25) is 4.79 Å². The van der Waals surface area contributed by atoms with Gasteiger partial charge in [0.25, 0.3) is 0 Å². The van der Waals surface area contributed by atoms with Crippen molar-refractivity contribution >= 4 is 5.97 Å². The third-order valence-electron chi connectivity index (χ3n) is 3.76. The Kier molecular flexibility index (Phi) is 2.45. The first-order valence-corrected chi connectivity index (χ1v) is 5.99. The molecule has 2 N–H and O–H groups in total. The summed E-state index contributed by atoms with van der Waals surface area (Å²) >= 11 is 0. The van der Waals surface area contributed by atoms with Crippen LogP contribution in [0.3, 0.4) is 0 Å². The molecule has 2 aliphatic rings. The second kappa shape index (κ2) is 3.88. The number of nitrogens with one attached hydrogen (secondary N) is 1. The van der Waals surface area contributed by atoms with Crippen LogP contribution in [0.5, 0.6) is 11.5 Å². The Morgan fingerprint density at radius 3 is 2.72 bits per heavy atom. The van der Waals surface area contributed by atoms with Crippen molar-refractivity contribution in [3.05, 3.63) is 23.8 Å². The quantitative estimate of drug-likeness (QED) is 0.836. The maximum Gasteiger partial charge on any atom is 0.324 e. The number of ether oxygens (including phenoxy) is 2. The summed E-state index contributed by atoms with van der Waals surface area (Å²) in [5, 5.41) is 12.2. The number of likely N-dealkylation sites (N-methyl/N-ethyl adjacent to an activating group) is 1. The summed E-state index contributed by atoms with van der Waals surface area (Å²) < 4.78 is 11.0. The number of carboxylic acid groups (broad SMARTS) is 1. The molecule has 0 bridgehead atoms. The lowest BCUT2D eigenvalue weighted by molar-refractivity contribution is -0.140. The van der Waals surface area contributed by atoms with Crippen molar-refractivity contribution in [2.45, 2.75) is 17.9 Å². The Balaban J connectivity index is 1.89. The fraction of sp³-hybridized carbons (Fsp3) is 0.462. The number of hydrogen-bond donors (Lipinski definition) is 2. The second-order valence-electron chi connectivity index (χ2n) is 4.69. The van der Waals surface area contributed by atoms with Gasteiger partial charge in [-0.15, -0.1) is 0 Å². The van der Waals surface area contributed by atoms with E-state index in [9.17, 15) is 9.90 Å². The van der Waals surface area contributed by atoms with Crippen LogP contribution in [0.2, 0.25) is 0 Å². The van der Waals surface area contributed by atoms with Gasteiger partial charge in [0.05, 0.1) is 0 Å². The number of carboxylic acids is 1. The SMILES string of the molecule is CNC1(C(=O)O)CC1c1ccc2c(c1)OCCO2. The fourth-order valence-electron chi connectivity index (χ4n) is 2.56. The molecule has 2 atom stereocenters.